The molecule has 0 aliphatic heterocycles. The van der Waals surface area contributed by atoms with E-state index in [1.54, 1.807) is 31.2 Å². The van der Waals surface area contributed by atoms with Crippen molar-refractivity contribution in [3.8, 4) is 11.5 Å². The Morgan fingerprint density at radius 2 is 2.00 bits per heavy atom. The van der Waals surface area contributed by atoms with Gasteiger partial charge in [0.1, 0.15) is 17.3 Å². The van der Waals surface area contributed by atoms with Crippen molar-refractivity contribution < 1.29 is 19.0 Å². The quantitative estimate of drug-likeness (QED) is 0.834. The van der Waals surface area contributed by atoms with Gasteiger partial charge >= 0.3 is 5.97 Å². The van der Waals surface area contributed by atoms with Crippen molar-refractivity contribution in [2.45, 2.75) is 6.92 Å². The lowest BCUT2D eigenvalue weighted by Gasteiger charge is -2.11. The molecule has 0 aromatic heterocycles. The molecule has 0 saturated carbocycles. The highest BCUT2D eigenvalue weighted by Gasteiger charge is 2.08. The first-order valence-corrected chi connectivity index (χ1v) is 6.48. The summed E-state index contributed by atoms with van der Waals surface area (Å²) < 4.78 is 19.0. The van der Waals surface area contributed by atoms with Gasteiger partial charge in [-0.1, -0.05) is 17.7 Å². The number of carboxylic acids is 1. The van der Waals surface area contributed by atoms with Crippen LogP contribution in [0.25, 0.3) is 6.08 Å². The van der Waals surface area contributed by atoms with Crippen LogP contribution >= 0.6 is 11.6 Å². The van der Waals surface area contributed by atoms with Crippen molar-refractivity contribution in [2.75, 3.05) is 0 Å². The zero-order chi connectivity index (χ0) is 15.4. The van der Waals surface area contributed by atoms with E-state index in [0.29, 0.717) is 22.1 Å². The molecule has 0 unspecified atom stereocenters. The smallest absolute Gasteiger partial charge is 0.328 e. The lowest BCUT2D eigenvalue weighted by atomic mass is 10.1. The summed E-state index contributed by atoms with van der Waals surface area (Å²) in [5.41, 5.74) is 1.29. The number of hydrogen-bond donors (Lipinski definition) is 1. The molecule has 0 amide bonds. The number of aryl methyl sites for hydroxylation is 1. The molecule has 2 aromatic carbocycles. The van der Waals surface area contributed by atoms with Crippen molar-refractivity contribution in [1.29, 1.82) is 0 Å². The molecule has 21 heavy (non-hydrogen) atoms. The van der Waals surface area contributed by atoms with Crippen molar-refractivity contribution >= 4 is 23.6 Å². The monoisotopic (exact) mass is 306 g/mol. The summed E-state index contributed by atoms with van der Waals surface area (Å²) in [4.78, 5) is 10.6. The first kappa shape index (κ1) is 15.1. The molecule has 0 bridgehead atoms. The Hall–Kier alpha value is -2.33. The molecule has 108 valence electrons. The highest BCUT2D eigenvalue weighted by Crippen LogP contribution is 2.31. The zero-order valence-corrected chi connectivity index (χ0v) is 11.9. The number of hydrogen-bond acceptors (Lipinski definition) is 2. The molecule has 5 heteroatoms. The van der Waals surface area contributed by atoms with E-state index in [1.807, 2.05) is 0 Å². The van der Waals surface area contributed by atoms with Crippen LogP contribution in [0.4, 0.5) is 4.39 Å². The second kappa shape index (κ2) is 6.41. The summed E-state index contributed by atoms with van der Waals surface area (Å²) in [7, 11) is 0. The second-order valence-corrected chi connectivity index (χ2v) is 4.80. The van der Waals surface area contributed by atoms with Crippen molar-refractivity contribution in [1.82, 2.24) is 0 Å². The van der Waals surface area contributed by atoms with E-state index in [9.17, 15) is 9.18 Å². The van der Waals surface area contributed by atoms with Crippen LogP contribution in [0.3, 0.4) is 0 Å². The van der Waals surface area contributed by atoms with Crippen LogP contribution in [0.5, 0.6) is 11.5 Å². The average molecular weight is 307 g/mol. The molecular weight excluding hydrogens is 295 g/mol. The molecule has 0 radical (unpaired) electrons. The minimum atomic E-state index is -1.07. The molecule has 0 spiro atoms. The van der Waals surface area contributed by atoms with Crippen molar-refractivity contribution in [3.05, 3.63) is 64.4 Å². The molecule has 0 atom stereocenters. The Labute approximate surface area is 126 Å². The minimum Gasteiger partial charge on any atom is -0.478 e. The maximum atomic E-state index is 13.3. The Morgan fingerprint density at radius 3 is 2.71 bits per heavy atom. The molecule has 0 heterocycles. The lowest BCUT2D eigenvalue weighted by molar-refractivity contribution is -0.131. The lowest BCUT2D eigenvalue weighted by Crippen LogP contribution is -1.92. The van der Waals surface area contributed by atoms with Gasteiger partial charge in [0.2, 0.25) is 0 Å². The van der Waals surface area contributed by atoms with E-state index in [-0.39, 0.29) is 0 Å². The number of carbonyl (C=O) groups is 1. The third-order valence-electron chi connectivity index (χ3n) is 2.75. The fraction of sp³-hybridized carbons (Fsp3) is 0.0625. The number of aliphatic carboxylic acids is 1. The van der Waals surface area contributed by atoms with Crippen LogP contribution in [-0.4, -0.2) is 11.1 Å². The highest BCUT2D eigenvalue weighted by molar-refractivity contribution is 6.30. The Morgan fingerprint density at radius 1 is 1.24 bits per heavy atom. The van der Waals surface area contributed by atoms with E-state index in [1.165, 1.54) is 18.2 Å². The van der Waals surface area contributed by atoms with Crippen LogP contribution < -0.4 is 4.74 Å². The Balaban J connectivity index is 2.40. The molecule has 2 aromatic rings. The van der Waals surface area contributed by atoms with Gasteiger partial charge in [-0.25, -0.2) is 9.18 Å². The zero-order valence-electron chi connectivity index (χ0n) is 11.1. The average Bonchev–Trinajstić information content (AvgIpc) is 2.42. The van der Waals surface area contributed by atoms with Gasteiger partial charge in [-0.3, -0.25) is 0 Å². The fourth-order valence-electron chi connectivity index (χ4n) is 1.70. The predicted octanol–water partition coefficient (Wildman–Crippen LogP) is 4.68. The summed E-state index contributed by atoms with van der Waals surface area (Å²) in [6.07, 6.45) is 2.39. The van der Waals surface area contributed by atoms with Crippen LogP contribution in [0.15, 0.2) is 42.5 Å². The number of carboxylic acid groups (broad SMARTS) is 1. The molecule has 0 fully saturated rings. The van der Waals surface area contributed by atoms with E-state index >= 15 is 0 Å². The van der Waals surface area contributed by atoms with Gasteiger partial charge in [-0.2, -0.15) is 0 Å². The van der Waals surface area contributed by atoms with Crippen LogP contribution in [-0.2, 0) is 4.79 Å². The number of halogens is 2. The summed E-state index contributed by atoms with van der Waals surface area (Å²) in [6, 6.07) is 9.00. The third kappa shape index (κ3) is 4.07. The largest absolute Gasteiger partial charge is 0.478 e. The third-order valence-corrected chi connectivity index (χ3v) is 2.99. The minimum absolute atomic E-state index is 0.349. The standard InChI is InChI=1S/C16H12ClFO3/c1-10-2-6-13(18)9-14(10)21-15-8-12(17)5-3-11(15)4-7-16(19)20/h2-9H,1H3,(H,19,20)/b7-4+. The van der Waals surface area contributed by atoms with Gasteiger partial charge in [0, 0.05) is 28.8 Å². The maximum absolute atomic E-state index is 13.3. The number of rotatable bonds is 4. The van der Waals surface area contributed by atoms with E-state index < -0.39 is 11.8 Å². The van der Waals surface area contributed by atoms with Gasteiger partial charge in [0.15, 0.2) is 0 Å². The molecular formula is C16H12ClFO3. The molecule has 2 rings (SSSR count). The molecule has 3 nitrogen and oxygen atoms in total. The van der Waals surface area contributed by atoms with Crippen LogP contribution in [0, 0.1) is 12.7 Å². The van der Waals surface area contributed by atoms with Gasteiger partial charge in [-0.15, -0.1) is 0 Å². The number of ether oxygens (including phenoxy) is 1. The first-order valence-electron chi connectivity index (χ1n) is 6.10. The van der Waals surface area contributed by atoms with Crippen molar-refractivity contribution in [2.24, 2.45) is 0 Å². The molecule has 0 aliphatic carbocycles. The number of benzene rings is 2. The van der Waals surface area contributed by atoms with E-state index in [2.05, 4.69) is 0 Å². The summed E-state index contributed by atoms with van der Waals surface area (Å²) in [5, 5.41) is 9.12. The van der Waals surface area contributed by atoms with Crippen LogP contribution in [0.1, 0.15) is 11.1 Å². The summed E-state index contributed by atoms with van der Waals surface area (Å²) in [6.45, 7) is 1.78. The molecule has 0 saturated heterocycles. The SMILES string of the molecule is Cc1ccc(F)cc1Oc1cc(Cl)ccc1/C=C/C(=O)O. The summed E-state index contributed by atoms with van der Waals surface area (Å²) >= 11 is 5.92. The topological polar surface area (TPSA) is 46.5 Å². The predicted molar refractivity (Wildman–Crippen MR) is 79.3 cm³/mol. The van der Waals surface area contributed by atoms with E-state index in [0.717, 1.165) is 11.6 Å². The highest BCUT2D eigenvalue weighted by atomic mass is 35.5. The van der Waals surface area contributed by atoms with Gasteiger partial charge in [0.05, 0.1) is 0 Å². The molecule has 0 aliphatic rings. The van der Waals surface area contributed by atoms with Gasteiger partial charge < -0.3 is 9.84 Å². The first-order chi connectivity index (χ1) is 9.95. The van der Waals surface area contributed by atoms with Crippen molar-refractivity contribution in [3.63, 3.8) is 0 Å². The van der Waals surface area contributed by atoms with Crippen LogP contribution in [0.2, 0.25) is 5.02 Å². The van der Waals surface area contributed by atoms with E-state index in [4.69, 9.17) is 21.4 Å². The maximum Gasteiger partial charge on any atom is 0.328 e. The summed E-state index contributed by atoms with van der Waals surface area (Å²) in [5.74, 6) is -0.783. The Kier molecular flexibility index (Phi) is 4.60. The van der Waals surface area contributed by atoms with Gasteiger partial charge in [0.25, 0.3) is 0 Å². The molecule has 1 N–H and O–H groups in total. The van der Waals surface area contributed by atoms with Gasteiger partial charge in [-0.05, 0) is 36.8 Å². The fourth-order valence-corrected chi connectivity index (χ4v) is 1.86. The normalized spacial score (nSPS) is 10.8. The second-order valence-electron chi connectivity index (χ2n) is 4.37. The Bertz CT molecular complexity index is 711.